The van der Waals surface area contributed by atoms with Crippen LogP contribution in [0.15, 0.2) is 18.3 Å². The summed E-state index contributed by atoms with van der Waals surface area (Å²) in [5.41, 5.74) is 0.0324. The molecular weight excluding hydrogens is 290 g/mol. The number of carbonyl (C=O) groups excluding carboxylic acids is 1. The average Bonchev–Trinajstić information content (AvgIpc) is 2.90. The number of amides is 1. The molecule has 23 heavy (non-hydrogen) atoms. The number of β-amino-alcohol motifs (C(OH)–C–C–N with tert-alkyl or cyclic N) is 1. The number of hydrogen-bond donors (Lipinski definition) is 1. The van der Waals surface area contributed by atoms with Crippen molar-refractivity contribution in [2.75, 3.05) is 19.6 Å². The number of carbonyl (C=O) groups is 1. The molecule has 0 spiro atoms. The second-order valence-corrected chi connectivity index (χ2v) is 7.33. The van der Waals surface area contributed by atoms with E-state index in [-0.39, 0.29) is 11.9 Å². The van der Waals surface area contributed by atoms with Crippen LogP contribution in [0.2, 0.25) is 0 Å². The van der Waals surface area contributed by atoms with Crippen LogP contribution in [-0.4, -0.2) is 62.7 Å². The fourth-order valence-corrected chi connectivity index (χ4v) is 3.52. The Morgan fingerprint density at radius 1 is 1.26 bits per heavy atom. The minimum atomic E-state index is -0.712. The lowest BCUT2D eigenvalue weighted by atomic mass is 9.99. The second kappa shape index (κ2) is 7.05. The van der Waals surface area contributed by atoms with Gasteiger partial charge < -0.3 is 14.6 Å². The van der Waals surface area contributed by atoms with Gasteiger partial charge in [0, 0.05) is 45.0 Å². The Labute approximate surface area is 139 Å². The molecule has 2 rings (SSSR count). The molecule has 0 saturated carbocycles. The van der Waals surface area contributed by atoms with Crippen molar-refractivity contribution in [1.82, 2.24) is 14.4 Å². The van der Waals surface area contributed by atoms with E-state index in [9.17, 15) is 9.90 Å². The van der Waals surface area contributed by atoms with Crippen LogP contribution in [0.3, 0.4) is 0 Å². The van der Waals surface area contributed by atoms with Gasteiger partial charge in [-0.2, -0.15) is 0 Å². The normalized spacial score (nSPS) is 23.3. The van der Waals surface area contributed by atoms with Gasteiger partial charge in [-0.1, -0.05) is 13.8 Å². The van der Waals surface area contributed by atoms with E-state index in [0.29, 0.717) is 12.6 Å². The molecule has 1 saturated heterocycles. The summed E-state index contributed by atoms with van der Waals surface area (Å²) in [6, 6.07) is 4.30. The highest BCUT2D eigenvalue weighted by atomic mass is 16.3. The minimum absolute atomic E-state index is 0.116. The highest BCUT2D eigenvalue weighted by Crippen LogP contribution is 2.23. The zero-order valence-corrected chi connectivity index (χ0v) is 15.1. The number of hydrogen-bond acceptors (Lipinski definition) is 3. The van der Waals surface area contributed by atoms with Crippen LogP contribution in [0.5, 0.6) is 0 Å². The predicted octanol–water partition coefficient (Wildman–Crippen LogP) is 2.11. The van der Waals surface area contributed by atoms with Crippen molar-refractivity contribution >= 4 is 5.91 Å². The molecule has 5 heteroatoms. The summed E-state index contributed by atoms with van der Waals surface area (Å²) in [6.07, 6.45) is 3.81. The van der Waals surface area contributed by atoms with Crippen molar-refractivity contribution in [2.24, 2.45) is 7.05 Å². The molecule has 0 radical (unpaired) electrons. The van der Waals surface area contributed by atoms with Gasteiger partial charge in [0.1, 0.15) is 5.69 Å². The van der Waals surface area contributed by atoms with Crippen LogP contribution in [-0.2, 0) is 7.05 Å². The van der Waals surface area contributed by atoms with E-state index in [0.717, 1.165) is 31.6 Å². The third-order valence-electron chi connectivity index (χ3n) is 4.77. The molecule has 1 aliphatic heterocycles. The van der Waals surface area contributed by atoms with Gasteiger partial charge >= 0.3 is 0 Å². The Morgan fingerprint density at radius 3 is 2.39 bits per heavy atom. The zero-order chi connectivity index (χ0) is 17.2. The lowest BCUT2D eigenvalue weighted by Crippen LogP contribution is -2.61. The molecule has 1 fully saturated rings. The molecule has 1 aliphatic rings. The Kier molecular flexibility index (Phi) is 5.53. The van der Waals surface area contributed by atoms with E-state index in [4.69, 9.17) is 0 Å². The van der Waals surface area contributed by atoms with E-state index >= 15 is 0 Å². The number of piperazine rings is 1. The number of rotatable bonds is 5. The van der Waals surface area contributed by atoms with Crippen LogP contribution in [0.1, 0.15) is 51.0 Å². The molecule has 2 atom stereocenters. The minimum Gasteiger partial charge on any atom is -0.389 e. The standard InChI is InChI=1S/C18H31N3O2/c1-6-14-12-21(17(22)16-9-8-10-19(16)5)15(7-2)11-20(14)13-18(3,4)23/h8-10,14-15,23H,6-7,11-13H2,1-5H3/t14-,15+/m1/s1. The van der Waals surface area contributed by atoms with Crippen LogP contribution < -0.4 is 0 Å². The maximum absolute atomic E-state index is 12.9. The van der Waals surface area contributed by atoms with Gasteiger partial charge in [0.2, 0.25) is 0 Å². The summed E-state index contributed by atoms with van der Waals surface area (Å²) in [7, 11) is 1.91. The molecule has 1 aromatic heterocycles. The topological polar surface area (TPSA) is 48.7 Å². The van der Waals surface area contributed by atoms with Crippen molar-refractivity contribution in [3.63, 3.8) is 0 Å². The number of nitrogens with zero attached hydrogens (tertiary/aromatic N) is 3. The van der Waals surface area contributed by atoms with Crippen molar-refractivity contribution in [3.8, 4) is 0 Å². The summed E-state index contributed by atoms with van der Waals surface area (Å²) in [5, 5.41) is 10.2. The first-order chi connectivity index (χ1) is 10.8. The van der Waals surface area contributed by atoms with Crippen LogP contribution in [0, 0.1) is 0 Å². The highest BCUT2D eigenvalue weighted by molar-refractivity contribution is 5.93. The molecule has 1 amide bonds. The van der Waals surface area contributed by atoms with E-state index in [1.807, 2.05) is 48.7 Å². The maximum atomic E-state index is 12.9. The average molecular weight is 321 g/mol. The first-order valence-corrected chi connectivity index (χ1v) is 8.65. The van der Waals surface area contributed by atoms with Crippen molar-refractivity contribution in [3.05, 3.63) is 24.0 Å². The van der Waals surface area contributed by atoms with Crippen LogP contribution >= 0.6 is 0 Å². The van der Waals surface area contributed by atoms with E-state index in [2.05, 4.69) is 18.7 Å². The van der Waals surface area contributed by atoms with Crippen LogP contribution in [0.4, 0.5) is 0 Å². The predicted molar refractivity (Wildman–Crippen MR) is 92.5 cm³/mol. The smallest absolute Gasteiger partial charge is 0.270 e. The quantitative estimate of drug-likeness (QED) is 0.903. The molecule has 0 aromatic carbocycles. The largest absolute Gasteiger partial charge is 0.389 e. The Balaban J connectivity index is 2.19. The van der Waals surface area contributed by atoms with Gasteiger partial charge in [-0.25, -0.2) is 0 Å². The fraction of sp³-hybridized carbons (Fsp3) is 0.722. The third-order valence-corrected chi connectivity index (χ3v) is 4.77. The van der Waals surface area contributed by atoms with Gasteiger partial charge in [-0.05, 0) is 38.8 Å². The molecule has 1 N–H and O–H groups in total. The molecule has 0 unspecified atom stereocenters. The van der Waals surface area contributed by atoms with Crippen molar-refractivity contribution in [1.29, 1.82) is 0 Å². The van der Waals surface area contributed by atoms with E-state index < -0.39 is 5.60 Å². The Bertz CT molecular complexity index is 533. The highest BCUT2D eigenvalue weighted by Gasteiger charge is 2.37. The Morgan fingerprint density at radius 2 is 1.91 bits per heavy atom. The fourth-order valence-electron chi connectivity index (χ4n) is 3.52. The molecular formula is C18H31N3O2. The molecule has 5 nitrogen and oxygen atoms in total. The maximum Gasteiger partial charge on any atom is 0.270 e. The third kappa shape index (κ3) is 4.15. The molecule has 0 aliphatic carbocycles. The van der Waals surface area contributed by atoms with E-state index in [1.165, 1.54) is 0 Å². The number of aliphatic hydroxyl groups is 1. The SMILES string of the molecule is CC[C@@H]1CN(C(=O)c2cccn2C)[C@@H](CC)CN1CC(C)(C)O. The first-order valence-electron chi connectivity index (χ1n) is 8.65. The van der Waals surface area contributed by atoms with Gasteiger partial charge in [0.05, 0.1) is 5.60 Å². The summed E-state index contributed by atoms with van der Waals surface area (Å²) in [5.74, 6) is 0.116. The number of aromatic nitrogens is 1. The summed E-state index contributed by atoms with van der Waals surface area (Å²) in [6.45, 7) is 10.2. The summed E-state index contributed by atoms with van der Waals surface area (Å²) in [4.78, 5) is 17.3. The van der Waals surface area contributed by atoms with Gasteiger partial charge in [-0.15, -0.1) is 0 Å². The number of aryl methyl sites for hydroxylation is 1. The summed E-state index contributed by atoms with van der Waals surface area (Å²) >= 11 is 0. The monoisotopic (exact) mass is 321 g/mol. The molecule has 0 bridgehead atoms. The van der Waals surface area contributed by atoms with Crippen molar-refractivity contribution < 1.29 is 9.90 Å². The molecule has 2 heterocycles. The lowest BCUT2D eigenvalue weighted by Gasteiger charge is -2.47. The zero-order valence-electron chi connectivity index (χ0n) is 15.1. The second-order valence-electron chi connectivity index (χ2n) is 7.33. The Hall–Kier alpha value is -1.33. The van der Waals surface area contributed by atoms with Gasteiger partial charge in [-0.3, -0.25) is 9.69 Å². The van der Waals surface area contributed by atoms with Crippen molar-refractivity contribution in [2.45, 2.75) is 58.2 Å². The lowest BCUT2D eigenvalue weighted by molar-refractivity contribution is -0.0239. The molecule has 130 valence electrons. The van der Waals surface area contributed by atoms with Crippen LogP contribution in [0.25, 0.3) is 0 Å². The van der Waals surface area contributed by atoms with Gasteiger partial charge in [0.25, 0.3) is 5.91 Å². The van der Waals surface area contributed by atoms with E-state index in [1.54, 1.807) is 0 Å². The summed E-state index contributed by atoms with van der Waals surface area (Å²) < 4.78 is 1.89. The van der Waals surface area contributed by atoms with Gasteiger partial charge in [0.15, 0.2) is 0 Å². The first kappa shape index (κ1) is 18.0. The molecule has 1 aromatic rings.